The van der Waals surface area contributed by atoms with E-state index >= 15 is 0 Å². The molecule has 0 fully saturated rings. The summed E-state index contributed by atoms with van der Waals surface area (Å²) in [5.41, 5.74) is 1.99. The summed E-state index contributed by atoms with van der Waals surface area (Å²) in [6, 6.07) is 17.3. The molecule has 0 spiro atoms. The summed E-state index contributed by atoms with van der Waals surface area (Å²) >= 11 is 5.88. The molecule has 4 rings (SSSR count). The molecule has 0 aliphatic carbocycles. The molecule has 4 aromatic rings. The third-order valence-corrected chi connectivity index (χ3v) is 4.88. The van der Waals surface area contributed by atoms with Crippen molar-refractivity contribution in [3.05, 3.63) is 100 Å². The van der Waals surface area contributed by atoms with Gasteiger partial charge in [0.1, 0.15) is 11.4 Å². The van der Waals surface area contributed by atoms with Crippen molar-refractivity contribution in [2.24, 2.45) is 0 Å². The lowest BCUT2D eigenvalue weighted by Gasteiger charge is -2.06. The molecule has 0 atom stereocenters. The molecule has 1 amide bonds. The molecular weight excluding hydrogens is 393 g/mol. The Morgan fingerprint density at radius 1 is 1.00 bits per heavy atom. The zero-order chi connectivity index (χ0) is 20.5. The number of nitrogens with one attached hydrogen (secondary N) is 1. The van der Waals surface area contributed by atoms with Crippen molar-refractivity contribution < 1.29 is 18.4 Å². The summed E-state index contributed by atoms with van der Waals surface area (Å²) in [4.78, 5) is 25.1. The summed E-state index contributed by atoms with van der Waals surface area (Å²) in [6.07, 6.45) is 0. The van der Waals surface area contributed by atoms with Gasteiger partial charge in [-0.25, -0.2) is 4.39 Å². The molecule has 0 aliphatic rings. The van der Waals surface area contributed by atoms with Crippen molar-refractivity contribution in [1.82, 2.24) is 0 Å². The minimum absolute atomic E-state index is 0.0539. The van der Waals surface area contributed by atoms with Crippen LogP contribution in [0.25, 0.3) is 11.0 Å². The van der Waals surface area contributed by atoms with E-state index in [4.69, 9.17) is 16.0 Å². The number of ketones is 1. The van der Waals surface area contributed by atoms with E-state index in [-0.39, 0.29) is 17.1 Å². The molecule has 3 aromatic carbocycles. The van der Waals surface area contributed by atoms with Crippen molar-refractivity contribution in [3.8, 4) is 0 Å². The van der Waals surface area contributed by atoms with E-state index in [1.165, 1.54) is 18.2 Å². The number of furan rings is 1. The van der Waals surface area contributed by atoms with E-state index in [1.54, 1.807) is 55.5 Å². The number of rotatable bonds is 4. The van der Waals surface area contributed by atoms with Crippen LogP contribution in [0.3, 0.4) is 0 Å². The van der Waals surface area contributed by atoms with Gasteiger partial charge in [0, 0.05) is 33.3 Å². The maximum atomic E-state index is 13.8. The molecule has 0 aliphatic heterocycles. The van der Waals surface area contributed by atoms with Crippen LogP contribution in [0.1, 0.15) is 32.0 Å². The SMILES string of the molecule is Cc1c(C(=O)c2ccc(Cl)cc2)oc2cc(NC(=O)c3ccccc3F)ccc12. The minimum Gasteiger partial charge on any atom is -0.452 e. The van der Waals surface area contributed by atoms with Crippen LogP contribution >= 0.6 is 11.6 Å². The van der Waals surface area contributed by atoms with Gasteiger partial charge in [-0.2, -0.15) is 0 Å². The van der Waals surface area contributed by atoms with E-state index in [9.17, 15) is 14.0 Å². The number of hydrogen-bond acceptors (Lipinski definition) is 3. The highest BCUT2D eigenvalue weighted by Crippen LogP contribution is 2.30. The Morgan fingerprint density at radius 2 is 1.72 bits per heavy atom. The van der Waals surface area contributed by atoms with Crippen LogP contribution < -0.4 is 5.32 Å². The Labute approximate surface area is 170 Å². The van der Waals surface area contributed by atoms with Gasteiger partial charge in [-0.1, -0.05) is 23.7 Å². The van der Waals surface area contributed by atoms with Crippen molar-refractivity contribution >= 4 is 39.9 Å². The van der Waals surface area contributed by atoms with Crippen molar-refractivity contribution in [3.63, 3.8) is 0 Å². The van der Waals surface area contributed by atoms with Crippen LogP contribution in [0, 0.1) is 12.7 Å². The lowest BCUT2D eigenvalue weighted by Crippen LogP contribution is -2.13. The summed E-state index contributed by atoms with van der Waals surface area (Å²) in [5, 5.41) is 3.94. The Kier molecular flexibility index (Phi) is 4.91. The smallest absolute Gasteiger partial charge is 0.258 e. The van der Waals surface area contributed by atoms with Crippen molar-refractivity contribution in [2.75, 3.05) is 5.32 Å². The van der Waals surface area contributed by atoms with E-state index < -0.39 is 11.7 Å². The predicted molar refractivity (Wildman–Crippen MR) is 110 cm³/mol. The minimum atomic E-state index is -0.601. The number of carbonyl (C=O) groups is 2. The van der Waals surface area contributed by atoms with Gasteiger partial charge >= 0.3 is 0 Å². The van der Waals surface area contributed by atoms with Gasteiger partial charge in [0.05, 0.1) is 5.56 Å². The van der Waals surface area contributed by atoms with Crippen molar-refractivity contribution in [1.29, 1.82) is 0 Å². The molecule has 1 heterocycles. The van der Waals surface area contributed by atoms with Gasteiger partial charge < -0.3 is 9.73 Å². The largest absolute Gasteiger partial charge is 0.452 e. The lowest BCUT2D eigenvalue weighted by molar-refractivity contribution is 0.100. The van der Waals surface area contributed by atoms with Crippen molar-refractivity contribution in [2.45, 2.75) is 6.92 Å². The first kappa shape index (κ1) is 18.9. The maximum Gasteiger partial charge on any atom is 0.258 e. The standard InChI is InChI=1S/C23H15ClFNO3/c1-13-17-11-10-16(26-23(28)18-4-2-3-5-19(18)25)12-20(17)29-22(13)21(27)14-6-8-15(24)9-7-14/h2-12H,1H3,(H,26,28). The number of benzene rings is 3. The zero-order valence-electron chi connectivity index (χ0n) is 15.3. The molecule has 1 N–H and O–H groups in total. The molecular formula is C23H15ClFNO3. The Hall–Kier alpha value is -3.44. The van der Waals surface area contributed by atoms with E-state index in [0.29, 0.717) is 27.4 Å². The summed E-state index contributed by atoms with van der Waals surface area (Å²) in [5.74, 6) is -1.20. The van der Waals surface area contributed by atoms with Crippen LogP contribution in [0.4, 0.5) is 10.1 Å². The van der Waals surface area contributed by atoms with Gasteiger partial charge in [-0.05, 0) is 55.5 Å². The Bertz CT molecular complexity index is 1240. The van der Waals surface area contributed by atoms with E-state index in [2.05, 4.69) is 5.32 Å². The number of halogens is 2. The first-order valence-corrected chi connectivity index (χ1v) is 9.21. The summed E-state index contributed by atoms with van der Waals surface area (Å²) in [6.45, 7) is 1.80. The van der Waals surface area contributed by atoms with E-state index in [1.807, 2.05) is 0 Å². The lowest BCUT2D eigenvalue weighted by atomic mass is 10.0. The number of anilines is 1. The summed E-state index contributed by atoms with van der Waals surface area (Å²) in [7, 11) is 0. The number of amides is 1. The van der Waals surface area contributed by atoms with Crippen LogP contribution in [0.5, 0.6) is 0 Å². The Balaban J connectivity index is 1.65. The molecule has 29 heavy (non-hydrogen) atoms. The number of aryl methyl sites for hydroxylation is 1. The molecule has 0 saturated carbocycles. The maximum absolute atomic E-state index is 13.8. The molecule has 1 aromatic heterocycles. The third kappa shape index (κ3) is 3.65. The molecule has 0 unspecified atom stereocenters. The highest BCUT2D eigenvalue weighted by molar-refractivity contribution is 6.30. The zero-order valence-corrected chi connectivity index (χ0v) is 16.1. The molecule has 0 saturated heterocycles. The second kappa shape index (κ2) is 7.53. The van der Waals surface area contributed by atoms with Gasteiger partial charge in [0.25, 0.3) is 5.91 Å². The monoisotopic (exact) mass is 407 g/mol. The normalized spacial score (nSPS) is 10.9. The van der Waals surface area contributed by atoms with Crippen LogP contribution in [0.15, 0.2) is 71.1 Å². The highest BCUT2D eigenvalue weighted by atomic mass is 35.5. The highest BCUT2D eigenvalue weighted by Gasteiger charge is 2.20. The number of carbonyl (C=O) groups excluding carboxylic acids is 2. The fourth-order valence-electron chi connectivity index (χ4n) is 3.10. The van der Waals surface area contributed by atoms with Gasteiger partial charge in [0.2, 0.25) is 5.78 Å². The van der Waals surface area contributed by atoms with Gasteiger partial charge in [-0.15, -0.1) is 0 Å². The topological polar surface area (TPSA) is 59.3 Å². The second-order valence-electron chi connectivity index (χ2n) is 6.54. The second-order valence-corrected chi connectivity index (χ2v) is 6.97. The molecule has 144 valence electrons. The number of hydrogen-bond donors (Lipinski definition) is 1. The summed E-state index contributed by atoms with van der Waals surface area (Å²) < 4.78 is 19.6. The molecule has 0 radical (unpaired) electrons. The Morgan fingerprint density at radius 3 is 2.45 bits per heavy atom. The van der Waals surface area contributed by atoms with E-state index in [0.717, 1.165) is 5.39 Å². The fourth-order valence-corrected chi connectivity index (χ4v) is 3.22. The number of fused-ring (bicyclic) bond motifs is 1. The van der Waals surface area contributed by atoms with Gasteiger partial charge in [0.15, 0.2) is 5.76 Å². The third-order valence-electron chi connectivity index (χ3n) is 4.63. The molecule has 6 heteroatoms. The quantitative estimate of drug-likeness (QED) is 0.421. The van der Waals surface area contributed by atoms with Gasteiger partial charge in [-0.3, -0.25) is 9.59 Å². The molecule has 0 bridgehead atoms. The first-order valence-electron chi connectivity index (χ1n) is 8.83. The fraction of sp³-hybridized carbons (Fsp3) is 0.0435. The predicted octanol–water partition coefficient (Wildman–Crippen LogP) is 6.02. The average Bonchev–Trinajstić information content (AvgIpc) is 3.04. The molecule has 4 nitrogen and oxygen atoms in total. The average molecular weight is 408 g/mol. The van der Waals surface area contributed by atoms with Crippen LogP contribution in [-0.2, 0) is 0 Å². The first-order chi connectivity index (χ1) is 13.9. The van der Waals surface area contributed by atoms with Crippen LogP contribution in [-0.4, -0.2) is 11.7 Å². The van der Waals surface area contributed by atoms with Crippen LogP contribution in [0.2, 0.25) is 5.02 Å².